The summed E-state index contributed by atoms with van der Waals surface area (Å²) in [5, 5.41) is 0. The maximum Gasteiger partial charge on any atom is 0.342 e. The van der Waals surface area contributed by atoms with Crippen LogP contribution in [0.2, 0.25) is 0 Å². The zero-order valence-corrected chi connectivity index (χ0v) is 15.9. The minimum atomic E-state index is -4.13. The SMILES string of the molecule is COC(=O)c1c(F)cccc1S(=O)(=O)N1CCN(C)CC1c1ccccc1. The normalized spacial score (nSPS) is 19.0. The first-order valence-electron chi connectivity index (χ1n) is 8.48. The summed E-state index contributed by atoms with van der Waals surface area (Å²) in [7, 11) is -1.12. The number of piperazine rings is 1. The van der Waals surface area contributed by atoms with Crippen LogP contribution in [0.5, 0.6) is 0 Å². The summed E-state index contributed by atoms with van der Waals surface area (Å²) < 4.78 is 47.0. The maximum atomic E-state index is 14.3. The first-order valence-corrected chi connectivity index (χ1v) is 9.92. The largest absolute Gasteiger partial charge is 0.465 e. The minimum Gasteiger partial charge on any atom is -0.465 e. The Morgan fingerprint density at radius 1 is 1.11 bits per heavy atom. The lowest BCUT2D eigenvalue weighted by Crippen LogP contribution is -2.49. The highest BCUT2D eigenvalue weighted by atomic mass is 32.2. The predicted molar refractivity (Wildman–Crippen MR) is 98.3 cm³/mol. The molecule has 0 aromatic heterocycles. The number of sulfonamides is 1. The molecular formula is C19H21FN2O4S. The van der Waals surface area contributed by atoms with Gasteiger partial charge in [0.15, 0.2) is 0 Å². The van der Waals surface area contributed by atoms with E-state index in [1.807, 2.05) is 42.3 Å². The highest BCUT2D eigenvalue weighted by molar-refractivity contribution is 7.89. The number of methoxy groups -OCH3 is 1. The second kappa shape index (κ2) is 7.75. The molecule has 0 bridgehead atoms. The van der Waals surface area contributed by atoms with Gasteiger partial charge >= 0.3 is 5.97 Å². The van der Waals surface area contributed by atoms with Gasteiger partial charge in [-0.25, -0.2) is 17.6 Å². The highest BCUT2D eigenvalue weighted by Crippen LogP contribution is 2.32. The molecule has 0 radical (unpaired) electrons. The number of benzene rings is 2. The van der Waals surface area contributed by atoms with Gasteiger partial charge in [-0.1, -0.05) is 36.4 Å². The van der Waals surface area contributed by atoms with E-state index in [9.17, 15) is 17.6 Å². The molecule has 1 unspecified atom stereocenters. The van der Waals surface area contributed by atoms with Gasteiger partial charge in [0.1, 0.15) is 11.4 Å². The van der Waals surface area contributed by atoms with Gasteiger partial charge in [0.2, 0.25) is 10.0 Å². The zero-order chi connectivity index (χ0) is 19.6. The number of ether oxygens (including phenoxy) is 1. The van der Waals surface area contributed by atoms with Crippen molar-refractivity contribution in [2.75, 3.05) is 33.8 Å². The van der Waals surface area contributed by atoms with Gasteiger partial charge in [-0.05, 0) is 24.7 Å². The van der Waals surface area contributed by atoms with E-state index in [0.29, 0.717) is 13.1 Å². The molecule has 1 atom stereocenters. The Morgan fingerprint density at radius 3 is 2.48 bits per heavy atom. The Morgan fingerprint density at radius 2 is 1.81 bits per heavy atom. The first kappa shape index (κ1) is 19.5. The molecule has 3 rings (SSSR count). The van der Waals surface area contributed by atoms with E-state index in [-0.39, 0.29) is 11.4 Å². The third-order valence-electron chi connectivity index (χ3n) is 4.67. The molecule has 0 amide bonds. The van der Waals surface area contributed by atoms with Crippen LogP contribution < -0.4 is 0 Å². The van der Waals surface area contributed by atoms with E-state index in [4.69, 9.17) is 0 Å². The summed E-state index contributed by atoms with van der Waals surface area (Å²) in [6.07, 6.45) is 0. The van der Waals surface area contributed by atoms with Crippen LogP contribution in [0.4, 0.5) is 4.39 Å². The number of carbonyl (C=O) groups excluding carboxylic acids is 1. The smallest absolute Gasteiger partial charge is 0.342 e. The molecule has 27 heavy (non-hydrogen) atoms. The first-order chi connectivity index (χ1) is 12.9. The average molecular weight is 392 g/mol. The van der Waals surface area contributed by atoms with Crippen LogP contribution in [0.1, 0.15) is 22.0 Å². The Bertz CT molecular complexity index is 934. The number of rotatable bonds is 4. The number of hydrogen-bond acceptors (Lipinski definition) is 5. The van der Waals surface area contributed by atoms with Crippen molar-refractivity contribution in [1.82, 2.24) is 9.21 Å². The van der Waals surface area contributed by atoms with Crippen LogP contribution in [-0.2, 0) is 14.8 Å². The van der Waals surface area contributed by atoms with Crippen molar-refractivity contribution in [3.8, 4) is 0 Å². The van der Waals surface area contributed by atoms with Gasteiger partial charge in [0.05, 0.1) is 18.0 Å². The molecule has 2 aromatic carbocycles. The van der Waals surface area contributed by atoms with Gasteiger partial charge in [-0.2, -0.15) is 4.31 Å². The standard InChI is InChI=1S/C19H21FN2O4S/c1-21-11-12-22(16(13-21)14-7-4-3-5-8-14)27(24,25)17-10-6-9-15(20)18(17)19(23)26-2/h3-10,16H,11-13H2,1-2H3. The quantitative estimate of drug-likeness (QED) is 0.747. The zero-order valence-electron chi connectivity index (χ0n) is 15.1. The van der Waals surface area contributed by atoms with Crippen LogP contribution in [0.15, 0.2) is 53.4 Å². The Balaban J connectivity index is 2.11. The number of halogens is 1. The van der Waals surface area contributed by atoms with Gasteiger partial charge in [-0.3, -0.25) is 0 Å². The molecule has 0 spiro atoms. The lowest BCUT2D eigenvalue weighted by molar-refractivity contribution is 0.0590. The van der Waals surface area contributed by atoms with Crippen molar-refractivity contribution in [2.45, 2.75) is 10.9 Å². The molecule has 1 fully saturated rings. The number of esters is 1. The van der Waals surface area contributed by atoms with Crippen molar-refractivity contribution in [3.05, 3.63) is 65.5 Å². The van der Waals surface area contributed by atoms with E-state index in [0.717, 1.165) is 18.7 Å². The van der Waals surface area contributed by atoms with Crippen molar-refractivity contribution in [1.29, 1.82) is 0 Å². The Hall–Kier alpha value is -2.29. The number of nitrogens with zero attached hydrogens (tertiary/aromatic N) is 2. The average Bonchev–Trinajstić information content (AvgIpc) is 2.67. The molecule has 2 aromatic rings. The molecule has 1 aliphatic rings. The number of hydrogen-bond donors (Lipinski definition) is 0. The predicted octanol–water partition coefficient (Wildman–Crippen LogP) is 2.29. The monoisotopic (exact) mass is 392 g/mol. The van der Waals surface area contributed by atoms with Gasteiger partial charge in [-0.15, -0.1) is 0 Å². The van der Waals surface area contributed by atoms with E-state index in [1.165, 1.54) is 16.4 Å². The second-order valence-electron chi connectivity index (χ2n) is 6.41. The van der Waals surface area contributed by atoms with E-state index in [1.54, 1.807) is 0 Å². The molecular weight excluding hydrogens is 371 g/mol. The summed E-state index contributed by atoms with van der Waals surface area (Å²) in [5.41, 5.74) is 0.273. The van der Waals surface area contributed by atoms with Crippen molar-refractivity contribution >= 4 is 16.0 Å². The van der Waals surface area contributed by atoms with Gasteiger partial charge < -0.3 is 9.64 Å². The molecule has 0 N–H and O–H groups in total. The molecule has 1 heterocycles. The summed E-state index contributed by atoms with van der Waals surface area (Å²) >= 11 is 0. The van der Waals surface area contributed by atoms with E-state index < -0.39 is 33.4 Å². The fraction of sp³-hybridized carbons (Fsp3) is 0.316. The Labute approximate surface area is 158 Å². The van der Waals surface area contributed by atoms with Crippen LogP contribution in [0, 0.1) is 5.82 Å². The molecule has 144 valence electrons. The minimum absolute atomic E-state index is 0.232. The molecule has 8 heteroatoms. The lowest BCUT2D eigenvalue weighted by atomic mass is 10.1. The molecule has 0 aliphatic carbocycles. The topological polar surface area (TPSA) is 66.9 Å². The maximum absolute atomic E-state index is 14.3. The van der Waals surface area contributed by atoms with Crippen LogP contribution in [-0.4, -0.2) is 57.4 Å². The summed E-state index contributed by atoms with van der Waals surface area (Å²) in [4.78, 5) is 13.7. The highest BCUT2D eigenvalue weighted by Gasteiger charge is 2.38. The summed E-state index contributed by atoms with van der Waals surface area (Å²) in [5.74, 6) is -1.94. The molecule has 6 nitrogen and oxygen atoms in total. The third kappa shape index (κ3) is 3.73. The van der Waals surface area contributed by atoms with Crippen molar-refractivity contribution in [2.24, 2.45) is 0 Å². The van der Waals surface area contributed by atoms with E-state index in [2.05, 4.69) is 4.74 Å². The van der Waals surface area contributed by atoms with Crippen LogP contribution in [0.25, 0.3) is 0 Å². The lowest BCUT2D eigenvalue weighted by Gasteiger charge is -2.39. The number of likely N-dealkylation sites (N-methyl/N-ethyl adjacent to an activating group) is 1. The van der Waals surface area contributed by atoms with Crippen LogP contribution >= 0.6 is 0 Å². The summed E-state index contributed by atoms with van der Waals surface area (Å²) in [6.45, 7) is 1.26. The van der Waals surface area contributed by atoms with Crippen molar-refractivity contribution < 1.29 is 22.3 Å². The fourth-order valence-corrected chi connectivity index (χ4v) is 5.07. The van der Waals surface area contributed by atoms with Crippen molar-refractivity contribution in [3.63, 3.8) is 0 Å². The Kier molecular flexibility index (Phi) is 5.59. The number of carbonyl (C=O) groups is 1. The summed E-state index contributed by atoms with van der Waals surface area (Å²) in [6, 6.07) is 12.4. The molecule has 1 aliphatic heterocycles. The fourth-order valence-electron chi connectivity index (χ4n) is 3.28. The molecule has 1 saturated heterocycles. The van der Waals surface area contributed by atoms with E-state index >= 15 is 0 Å². The van der Waals surface area contributed by atoms with Gasteiger partial charge in [0, 0.05) is 19.6 Å². The third-order valence-corrected chi connectivity index (χ3v) is 6.62. The van der Waals surface area contributed by atoms with Crippen LogP contribution in [0.3, 0.4) is 0 Å². The molecule has 0 saturated carbocycles. The second-order valence-corrected chi connectivity index (χ2v) is 8.27. The van der Waals surface area contributed by atoms with Gasteiger partial charge in [0.25, 0.3) is 0 Å².